The summed E-state index contributed by atoms with van der Waals surface area (Å²) in [7, 11) is 0. The summed E-state index contributed by atoms with van der Waals surface area (Å²) in [5.74, 6) is 1.18. The first kappa shape index (κ1) is 17.3. The van der Waals surface area contributed by atoms with Crippen LogP contribution in [0.1, 0.15) is 11.4 Å². The Kier molecular flexibility index (Phi) is 5.26. The third-order valence-corrected chi connectivity index (χ3v) is 4.48. The predicted octanol–water partition coefficient (Wildman–Crippen LogP) is 4.22. The molecule has 6 nitrogen and oxygen atoms in total. The molecule has 3 aromatic rings. The van der Waals surface area contributed by atoms with Crippen molar-refractivity contribution < 1.29 is 9.84 Å². The van der Waals surface area contributed by atoms with Crippen molar-refractivity contribution in [3.8, 4) is 28.8 Å². The molecule has 0 unspecified atom stereocenters. The Morgan fingerprint density at radius 3 is 2.32 bits per heavy atom. The van der Waals surface area contributed by atoms with E-state index in [1.807, 2.05) is 6.07 Å². The number of rotatable bonds is 4. The molecule has 0 saturated heterocycles. The number of ether oxygens (including phenoxy) is 1. The molecular formula is C17H10Br2N4O2. The molecule has 0 amide bonds. The molecule has 8 heteroatoms. The van der Waals surface area contributed by atoms with Crippen molar-refractivity contribution >= 4 is 31.9 Å². The summed E-state index contributed by atoms with van der Waals surface area (Å²) in [6.07, 6.45) is 1.59. The molecule has 25 heavy (non-hydrogen) atoms. The highest BCUT2D eigenvalue weighted by molar-refractivity contribution is 9.11. The smallest absolute Gasteiger partial charge is 0.188 e. The number of benzene rings is 2. The summed E-state index contributed by atoms with van der Waals surface area (Å²) in [5, 5.41) is 26.7. The molecule has 3 rings (SSSR count). The van der Waals surface area contributed by atoms with E-state index in [9.17, 15) is 5.11 Å². The number of aromatic nitrogens is 3. The molecule has 124 valence electrons. The quantitative estimate of drug-likeness (QED) is 0.625. The Morgan fingerprint density at radius 2 is 1.76 bits per heavy atom. The number of phenols is 1. The van der Waals surface area contributed by atoms with E-state index in [0.717, 1.165) is 5.56 Å². The van der Waals surface area contributed by atoms with E-state index in [0.29, 0.717) is 31.8 Å². The van der Waals surface area contributed by atoms with Gasteiger partial charge in [-0.3, -0.25) is 0 Å². The van der Waals surface area contributed by atoms with Crippen LogP contribution >= 0.6 is 31.9 Å². The highest BCUT2D eigenvalue weighted by atomic mass is 79.9. The standard InChI is InChI=1S/C17H10Br2N4O2/c18-13-5-11(6-14(19)17(13)24)15-8-21-16(23-22-15)9-25-12-3-1-10(7-20)2-4-12/h1-6,8,24H,9H2. The Morgan fingerprint density at radius 1 is 1.08 bits per heavy atom. The molecule has 2 aromatic carbocycles. The average Bonchev–Trinajstić information content (AvgIpc) is 2.65. The van der Waals surface area contributed by atoms with Gasteiger partial charge in [-0.25, -0.2) is 4.98 Å². The molecule has 0 saturated carbocycles. The van der Waals surface area contributed by atoms with Crippen LogP contribution in [0, 0.1) is 11.3 Å². The van der Waals surface area contributed by atoms with Crippen LogP contribution in [0.25, 0.3) is 11.3 Å². The van der Waals surface area contributed by atoms with Gasteiger partial charge in [0, 0.05) is 5.56 Å². The number of nitrogens with zero attached hydrogens (tertiary/aromatic N) is 4. The summed E-state index contributed by atoms with van der Waals surface area (Å²) in [6.45, 7) is 0.169. The van der Waals surface area contributed by atoms with Crippen LogP contribution in [0.5, 0.6) is 11.5 Å². The predicted molar refractivity (Wildman–Crippen MR) is 97.8 cm³/mol. The lowest BCUT2D eigenvalue weighted by Crippen LogP contribution is -2.03. The number of hydrogen-bond donors (Lipinski definition) is 1. The summed E-state index contributed by atoms with van der Waals surface area (Å²) >= 11 is 6.56. The van der Waals surface area contributed by atoms with Gasteiger partial charge in [0.15, 0.2) is 5.82 Å². The van der Waals surface area contributed by atoms with E-state index in [1.165, 1.54) is 0 Å². The Labute approximate surface area is 160 Å². The Balaban J connectivity index is 1.71. The lowest BCUT2D eigenvalue weighted by Gasteiger charge is -2.07. The second-order valence-electron chi connectivity index (χ2n) is 4.97. The van der Waals surface area contributed by atoms with Crippen molar-refractivity contribution in [2.24, 2.45) is 0 Å². The topological polar surface area (TPSA) is 91.9 Å². The van der Waals surface area contributed by atoms with Crippen LogP contribution in [0.3, 0.4) is 0 Å². The zero-order valence-electron chi connectivity index (χ0n) is 12.6. The normalized spacial score (nSPS) is 10.3. The molecule has 0 aliphatic rings. The third kappa shape index (κ3) is 4.13. The molecular weight excluding hydrogens is 452 g/mol. The molecule has 0 aliphatic heterocycles. The molecule has 0 radical (unpaired) electrons. The molecule has 0 fully saturated rings. The first-order valence-electron chi connectivity index (χ1n) is 7.07. The van der Waals surface area contributed by atoms with Crippen molar-refractivity contribution in [2.45, 2.75) is 6.61 Å². The van der Waals surface area contributed by atoms with Crippen molar-refractivity contribution in [1.82, 2.24) is 15.2 Å². The Hall–Kier alpha value is -2.50. The van der Waals surface area contributed by atoms with Crippen molar-refractivity contribution in [1.29, 1.82) is 5.26 Å². The van der Waals surface area contributed by atoms with Gasteiger partial charge in [0.25, 0.3) is 0 Å². The van der Waals surface area contributed by atoms with Gasteiger partial charge in [0.2, 0.25) is 0 Å². The fraction of sp³-hybridized carbons (Fsp3) is 0.0588. The van der Waals surface area contributed by atoms with E-state index >= 15 is 0 Å². The summed E-state index contributed by atoms with van der Waals surface area (Å²) in [5.41, 5.74) is 1.90. The molecule has 1 heterocycles. The summed E-state index contributed by atoms with van der Waals surface area (Å²) in [4.78, 5) is 4.24. The molecule has 1 aromatic heterocycles. The molecule has 0 bridgehead atoms. The van der Waals surface area contributed by atoms with Gasteiger partial charge in [-0.15, -0.1) is 10.2 Å². The van der Waals surface area contributed by atoms with Gasteiger partial charge in [-0.1, -0.05) is 0 Å². The van der Waals surface area contributed by atoms with E-state index in [2.05, 4.69) is 47.0 Å². The molecule has 0 aliphatic carbocycles. The fourth-order valence-corrected chi connectivity index (χ4v) is 3.17. The van der Waals surface area contributed by atoms with Crippen LogP contribution in [0.15, 0.2) is 51.5 Å². The second kappa shape index (κ2) is 7.59. The maximum absolute atomic E-state index is 9.75. The van der Waals surface area contributed by atoms with E-state index in [4.69, 9.17) is 10.00 Å². The SMILES string of the molecule is N#Cc1ccc(OCc2ncc(-c3cc(Br)c(O)c(Br)c3)nn2)cc1. The number of halogens is 2. The van der Waals surface area contributed by atoms with Crippen molar-refractivity contribution in [3.05, 3.63) is 62.9 Å². The van der Waals surface area contributed by atoms with Crippen molar-refractivity contribution in [3.63, 3.8) is 0 Å². The first-order chi connectivity index (χ1) is 12.1. The highest BCUT2D eigenvalue weighted by Crippen LogP contribution is 2.36. The third-order valence-electron chi connectivity index (χ3n) is 3.27. The van der Waals surface area contributed by atoms with Gasteiger partial charge in [0.05, 0.1) is 26.8 Å². The van der Waals surface area contributed by atoms with Gasteiger partial charge in [0.1, 0.15) is 23.8 Å². The zero-order valence-corrected chi connectivity index (χ0v) is 15.8. The van der Waals surface area contributed by atoms with E-state index in [1.54, 1.807) is 42.6 Å². The highest BCUT2D eigenvalue weighted by Gasteiger charge is 2.10. The van der Waals surface area contributed by atoms with Crippen LogP contribution < -0.4 is 4.74 Å². The van der Waals surface area contributed by atoms with Gasteiger partial charge >= 0.3 is 0 Å². The lowest BCUT2D eigenvalue weighted by molar-refractivity contribution is 0.294. The minimum atomic E-state index is 0.122. The number of nitriles is 1. The molecule has 0 spiro atoms. The van der Waals surface area contributed by atoms with Crippen LogP contribution in [0.4, 0.5) is 0 Å². The minimum absolute atomic E-state index is 0.122. The average molecular weight is 462 g/mol. The van der Waals surface area contributed by atoms with Gasteiger partial charge in [-0.2, -0.15) is 5.26 Å². The summed E-state index contributed by atoms with van der Waals surface area (Å²) in [6, 6.07) is 12.3. The first-order valence-corrected chi connectivity index (χ1v) is 8.65. The number of phenolic OH excluding ortho intramolecular Hbond substituents is 1. The van der Waals surface area contributed by atoms with E-state index in [-0.39, 0.29) is 12.4 Å². The van der Waals surface area contributed by atoms with Gasteiger partial charge in [-0.05, 0) is 68.3 Å². The lowest BCUT2D eigenvalue weighted by atomic mass is 10.1. The Bertz CT molecular complexity index is 915. The minimum Gasteiger partial charge on any atom is -0.506 e. The van der Waals surface area contributed by atoms with Crippen LogP contribution in [0.2, 0.25) is 0 Å². The van der Waals surface area contributed by atoms with Crippen molar-refractivity contribution in [2.75, 3.05) is 0 Å². The number of hydrogen-bond acceptors (Lipinski definition) is 6. The maximum Gasteiger partial charge on any atom is 0.188 e. The fourth-order valence-electron chi connectivity index (χ4n) is 1.98. The maximum atomic E-state index is 9.75. The summed E-state index contributed by atoms with van der Waals surface area (Å²) < 4.78 is 6.66. The van der Waals surface area contributed by atoms with Crippen LogP contribution in [-0.4, -0.2) is 20.3 Å². The largest absolute Gasteiger partial charge is 0.506 e. The molecule has 1 N–H and O–H groups in total. The van der Waals surface area contributed by atoms with Gasteiger partial charge < -0.3 is 9.84 Å². The molecule has 0 atom stereocenters. The van der Waals surface area contributed by atoms with E-state index < -0.39 is 0 Å². The van der Waals surface area contributed by atoms with Crippen LogP contribution in [-0.2, 0) is 6.61 Å². The number of aromatic hydroxyl groups is 1. The second-order valence-corrected chi connectivity index (χ2v) is 6.68. The zero-order chi connectivity index (χ0) is 17.8. The monoisotopic (exact) mass is 460 g/mol.